The van der Waals surface area contributed by atoms with Gasteiger partial charge >= 0.3 is 0 Å². The van der Waals surface area contributed by atoms with Gasteiger partial charge in [-0.3, -0.25) is 9.59 Å². The SMILES string of the molecule is CC(=O)c1ccc2c(c1)N(CC(=O)N(C)C1CCCCC1)CC(C)O2. The molecule has 25 heavy (non-hydrogen) atoms. The molecule has 1 amide bonds. The van der Waals surface area contributed by atoms with Gasteiger partial charge in [-0.15, -0.1) is 0 Å². The molecule has 1 fully saturated rings. The third-order valence-electron chi connectivity index (χ3n) is 5.35. The highest BCUT2D eigenvalue weighted by atomic mass is 16.5. The lowest BCUT2D eigenvalue weighted by Crippen LogP contribution is -2.47. The second-order valence-electron chi connectivity index (χ2n) is 7.34. The topological polar surface area (TPSA) is 49.9 Å². The molecule has 0 bridgehead atoms. The smallest absolute Gasteiger partial charge is 0.242 e. The number of anilines is 1. The quantitative estimate of drug-likeness (QED) is 0.787. The predicted molar refractivity (Wildman–Crippen MR) is 98.4 cm³/mol. The number of benzene rings is 1. The fourth-order valence-electron chi connectivity index (χ4n) is 3.84. The molecule has 0 saturated heterocycles. The van der Waals surface area contributed by atoms with Crippen LogP contribution in [0, 0.1) is 0 Å². The van der Waals surface area contributed by atoms with E-state index >= 15 is 0 Å². The number of Topliss-reactive ketones (excluding diaryl/α,β-unsaturated/α-hetero) is 1. The molecule has 0 aromatic heterocycles. The van der Waals surface area contributed by atoms with Gasteiger partial charge in [0.2, 0.25) is 5.91 Å². The number of rotatable bonds is 4. The van der Waals surface area contributed by atoms with Crippen LogP contribution in [0.3, 0.4) is 0 Å². The summed E-state index contributed by atoms with van der Waals surface area (Å²) in [4.78, 5) is 28.5. The van der Waals surface area contributed by atoms with E-state index in [1.54, 1.807) is 13.0 Å². The van der Waals surface area contributed by atoms with Crippen LogP contribution in [0.4, 0.5) is 5.69 Å². The highest BCUT2D eigenvalue weighted by Crippen LogP contribution is 2.34. The summed E-state index contributed by atoms with van der Waals surface area (Å²) in [5.41, 5.74) is 1.49. The summed E-state index contributed by atoms with van der Waals surface area (Å²) in [6.07, 6.45) is 5.92. The van der Waals surface area contributed by atoms with E-state index in [9.17, 15) is 9.59 Å². The first kappa shape index (κ1) is 17.8. The number of hydrogen-bond donors (Lipinski definition) is 0. The number of nitrogens with zero attached hydrogens (tertiary/aromatic N) is 2. The average molecular weight is 344 g/mol. The predicted octanol–water partition coefficient (Wildman–Crippen LogP) is 3.27. The molecule has 1 heterocycles. The van der Waals surface area contributed by atoms with Crippen LogP contribution in [0.15, 0.2) is 18.2 Å². The van der Waals surface area contributed by atoms with Gasteiger partial charge in [0.1, 0.15) is 11.9 Å². The van der Waals surface area contributed by atoms with Crippen molar-refractivity contribution in [2.24, 2.45) is 0 Å². The Morgan fingerprint density at radius 1 is 1.24 bits per heavy atom. The molecule has 0 N–H and O–H groups in total. The molecule has 3 rings (SSSR count). The van der Waals surface area contributed by atoms with Crippen LogP contribution in [-0.4, -0.2) is 48.9 Å². The average Bonchev–Trinajstić information content (AvgIpc) is 2.61. The minimum Gasteiger partial charge on any atom is -0.487 e. The molecule has 1 aromatic carbocycles. The fourth-order valence-corrected chi connectivity index (χ4v) is 3.84. The second kappa shape index (κ2) is 7.46. The number of carbonyl (C=O) groups excluding carboxylic acids is 2. The van der Waals surface area contributed by atoms with Crippen molar-refractivity contribution in [2.45, 2.75) is 58.1 Å². The molecule has 1 saturated carbocycles. The van der Waals surface area contributed by atoms with Gasteiger partial charge in [0.05, 0.1) is 18.8 Å². The zero-order valence-corrected chi connectivity index (χ0v) is 15.5. The maximum Gasteiger partial charge on any atom is 0.242 e. The Morgan fingerprint density at radius 2 is 1.96 bits per heavy atom. The van der Waals surface area contributed by atoms with Gasteiger partial charge in [0.15, 0.2) is 5.78 Å². The molecule has 0 radical (unpaired) electrons. The van der Waals surface area contributed by atoms with Crippen molar-refractivity contribution in [3.63, 3.8) is 0 Å². The van der Waals surface area contributed by atoms with Gasteiger partial charge < -0.3 is 14.5 Å². The van der Waals surface area contributed by atoms with E-state index in [1.807, 2.05) is 31.0 Å². The number of ether oxygens (including phenoxy) is 1. The van der Waals surface area contributed by atoms with Crippen molar-refractivity contribution in [3.05, 3.63) is 23.8 Å². The highest BCUT2D eigenvalue weighted by molar-refractivity contribution is 5.96. The van der Waals surface area contributed by atoms with Crippen LogP contribution in [-0.2, 0) is 4.79 Å². The first-order valence-corrected chi connectivity index (χ1v) is 9.28. The van der Waals surface area contributed by atoms with E-state index in [0.29, 0.717) is 24.7 Å². The minimum atomic E-state index is 0.0171. The Morgan fingerprint density at radius 3 is 2.64 bits per heavy atom. The number of hydrogen-bond acceptors (Lipinski definition) is 4. The molecular weight excluding hydrogens is 316 g/mol. The summed E-state index contributed by atoms with van der Waals surface area (Å²) in [6.45, 7) is 4.54. The summed E-state index contributed by atoms with van der Waals surface area (Å²) in [6, 6.07) is 5.83. The van der Waals surface area contributed by atoms with Crippen LogP contribution in [0.2, 0.25) is 0 Å². The van der Waals surface area contributed by atoms with E-state index in [1.165, 1.54) is 19.3 Å². The van der Waals surface area contributed by atoms with Gasteiger partial charge in [0.25, 0.3) is 0 Å². The Balaban J connectivity index is 1.76. The van der Waals surface area contributed by atoms with Gasteiger partial charge in [-0.05, 0) is 44.9 Å². The summed E-state index contributed by atoms with van der Waals surface area (Å²) >= 11 is 0. The van der Waals surface area contributed by atoms with Crippen molar-refractivity contribution < 1.29 is 14.3 Å². The zero-order valence-electron chi connectivity index (χ0n) is 15.5. The van der Waals surface area contributed by atoms with Gasteiger partial charge in [-0.1, -0.05) is 19.3 Å². The molecule has 0 spiro atoms. The molecule has 2 aliphatic rings. The Hall–Kier alpha value is -2.04. The van der Waals surface area contributed by atoms with Gasteiger partial charge in [0, 0.05) is 18.7 Å². The molecule has 5 nitrogen and oxygen atoms in total. The molecule has 1 aliphatic carbocycles. The van der Waals surface area contributed by atoms with Crippen molar-refractivity contribution in [1.29, 1.82) is 0 Å². The molecule has 1 aromatic rings. The molecule has 5 heteroatoms. The Kier molecular flexibility index (Phi) is 5.30. The first-order chi connectivity index (χ1) is 12.0. The summed E-state index contributed by atoms with van der Waals surface area (Å²) in [5, 5.41) is 0. The first-order valence-electron chi connectivity index (χ1n) is 9.28. The van der Waals surface area contributed by atoms with E-state index in [2.05, 4.69) is 4.90 Å². The Bertz CT molecular complexity index is 652. The largest absolute Gasteiger partial charge is 0.487 e. The monoisotopic (exact) mass is 344 g/mol. The lowest BCUT2D eigenvalue weighted by Gasteiger charge is -2.37. The van der Waals surface area contributed by atoms with E-state index in [0.717, 1.165) is 24.3 Å². The number of amides is 1. The van der Waals surface area contributed by atoms with Crippen molar-refractivity contribution in [2.75, 3.05) is 25.0 Å². The van der Waals surface area contributed by atoms with Crippen molar-refractivity contribution >= 4 is 17.4 Å². The molecule has 1 atom stereocenters. The van der Waals surface area contributed by atoms with Crippen molar-refractivity contribution in [3.8, 4) is 5.75 Å². The fraction of sp³-hybridized carbons (Fsp3) is 0.600. The number of ketones is 1. The van der Waals surface area contributed by atoms with Crippen LogP contribution in [0.1, 0.15) is 56.3 Å². The minimum absolute atomic E-state index is 0.0171. The number of likely N-dealkylation sites (N-methyl/N-ethyl adjacent to an activating group) is 1. The normalized spacial score (nSPS) is 20.6. The lowest BCUT2D eigenvalue weighted by atomic mass is 9.94. The Labute approximate surface area is 149 Å². The van der Waals surface area contributed by atoms with E-state index in [-0.39, 0.29) is 17.8 Å². The van der Waals surface area contributed by atoms with Crippen molar-refractivity contribution in [1.82, 2.24) is 4.90 Å². The molecule has 1 aliphatic heterocycles. The molecule has 136 valence electrons. The van der Waals surface area contributed by atoms with Crippen LogP contribution >= 0.6 is 0 Å². The highest BCUT2D eigenvalue weighted by Gasteiger charge is 2.28. The number of carbonyl (C=O) groups is 2. The second-order valence-corrected chi connectivity index (χ2v) is 7.34. The number of fused-ring (bicyclic) bond motifs is 1. The standard InChI is InChI=1S/C20H28N2O3/c1-14-12-22(13-20(24)21(3)17-7-5-4-6-8-17)18-11-16(15(2)23)9-10-19(18)25-14/h9-11,14,17H,4-8,12-13H2,1-3H3. The maximum absolute atomic E-state index is 12.8. The summed E-state index contributed by atoms with van der Waals surface area (Å²) < 4.78 is 5.88. The third-order valence-corrected chi connectivity index (χ3v) is 5.35. The van der Waals surface area contributed by atoms with Crippen LogP contribution < -0.4 is 9.64 Å². The summed E-state index contributed by atoms with van der Waals surface area (Å²) in [5.74, 6) is 0.907. The maximum atomic E-state index is 12.8. The lowest BCUT2D eigenvalue weighted by molar-refractivity contribution is -0.131. The molecule has 1 unspecified atom stereocenters. The zero-order chi connectivity index (χ0) is 18.0. The van der Waals surface area contributed by atoms with E-state index < -0.39 is 0 Å². The summed E-state index contributed by atoms with van der Waals surface area (Å²) in [7, 11) is 1.93. The van der Waals surface area contributed by atoms with Crippen LogP contribution in [0.25, 0.3) is 0 Å². The van der Waals surface area contributed by atoms with E-state index in [4.69, 9.17) is 4.74 Å². The van der Waals surface area contributed by atoms with Gasteiger partial charge in [-0.25, -0.2) is 0 Å². The molecular formula is C20H28N2O3. The third kappa shape index (κ3) is 3.97. The van der Waals surface area contributed by atoms with Crippen LogP contribution in [0.5, 0.6) is 5.75 Å². The van der Waals surface area contributed by atoms with Gasteiger partial charge in [-0.2, -0.15) is 0 Å².